The highest BCUT2D eigenvalue weighted by Crippen LogP contribution is 2.17. The third kappa shape index (κ3) is 5.25. The molecule has 1 heterocycles. The molecule has 6 nitrogen and oxygen atoms in total. The maximum atomic E-state index is 11.8. The molecule has 0 aromatic heterocycles. The first-order chi connectivity index (χ1) is 11.1. The molecule has 1 aliphatic heterocycles. The van der Waals surface area contributed by atoms with E-state index in [1.54, 1.807) is 7.11 Å². The molecule has 6 heteroatoms. The summed E-state index contributed by atoms with van der Waals surface area (Å²) in [6.07, 6.45) is 1.61. The molecular formula is C17H26N4O2. The number of hydrogen-bond acceptors (Lipinski definition) is 3. The molecule has 1 saturated heterocycles. The Balaban J connectivity index is 1.98. The Morgan fingerprint density at radius 3 is 2.83 bits per heavy atom. The first-order valence-corrected chi connectivity index (χ1v) is 8.00. The predicted molar refractivity (Wildman–Crippen MR) is 90.9 cm³/mol. The van der Waals surface area contributed by atoms with Gasteiger partial charge in [-0.15, -0.1) is 0 Å². The highest BCUT2D eigenvalue weighted by molar-refractivity contribution is 5.78. The van der Waals surface area contributed by atoms with Crippen LogP contribution in [0.1, 0.15) is 30.9 Å². The lowest BCUT2D eigenvalue weighted by Gasteiger charge is -2.18. The number of aliphatic imine (C=N–C) groups is 1. The predicted octanol–water partition coefficient (Wildman–Crippen LogP) is 1.25. The molecule has 1 aromatic rings. The minimum absolute atomic E-state index is 0.112. The largest absolute Gasteiger partial charge is 0.383 e. The van der Waals surface area contributed by atoms with Crippen LogP contribution in [0.25, 0.3) is 0 Å². The number of nitrogens with two attached hydrogens (primary N) is 1. The number of ether oxygens (including phenoxy) is 1. The smallest absolute Gasteiger partial charge is 0.222 e. The number of hydrogen-bond donors (Lipinski definition) is 2. The van der Waals surface area contributed by atoms with E-state index in [2.05, 4.69) is 10.3 Å². The topological polar surface area (TPSA) is 80.0 Å². The van der Waals surface area contributed by atoms with Gasteiger partial charge in [0.25, 0.3) is 0 Å². The minimum Gasteiger partial charge on any atom is -0.383 e. The highest BCUT2D eigenvalue weighted by atomic mass is 16.5. The van der Waals surface area contributed by atoms with Crippen LogP contribution in [0.15, 0.2) is 29.3 Å². The molecule has 2 rings (SSSR count). The summed E-state index contributed by atoms with van der Waals surface area (Å²) in [7, 11) is 1.65. The number of carbonyl (C=O) groups excluding carboxylic acids is 1. The Labute approximate surface area is 137 Å². The van der Waals surface area contributed by atoms with Crippen molar-refractivity contribution >= 4 is 11.9 Å². The molecule has 1 unspecified atom stereocenters. The first kappa shape index (κ1) is 17.3. The molecule has 1 aromatic carbocycles. The number of nitrogens with zero attached hydrogens (tertiary/aromatic N) is 2. The highest BCUT2D eigenvalue weighted by Gasteiger charge is 2.20. The van der Waals surface area contributed by atoms with Crippen molar-refractivity contribution < 1.29 is 9.53 Å². The molecule has 0 aliphatic carbocycles. The number of likely N-dealkylation sites (tertiary alicyclic amines) is 1. The zero-order valence-electron chi connectivity index (χ0n) is 13.9. The van der Waals surface area contributed by atoms with E-state index in [-0.39, 0.29) is 11.9 Å². The van der Waals surface area contributed by atoms with Gasteiger partial charge >= 0.3 is 0 Å². The molecule has 1 amide bonds. The third-order valence-electron chi connectivity index (χ3n) is 3.88. The summed E-state index contributed by atoms with van der Waals surface area (Å²) in [6, 6.07) is 8.17. The third-order valence-corrected chi connectivity index (χ3v) is 3.88. The zero-order valence-corrected chi connectivity index (χ0v) is 13.9. The number of carbonyl (C=O) groups is 1. The summed E-state index contributed by atoms with van der Waals surface area (Å²) in [5.74, 6) is 0.638. The summed E-state index contributed by atoms with van der Waals surface area (Å²) in [6.45, 7) is 4.55. The molecule has 0 spiro atoms. The van der Waals surface area contributed by atoms with Gasteiger partial charge in [-0.05, 0) is 24.5 Å². The van der Waals surface area contributed by atoms with Crippen molar-refractivity contribution in [2.24, 2.45) is 10.7 Å². The van der Waals surface area contributed by atoms with E-state index in [9.17, 15) is 4.79 Å². The average Bonchev–Trinajstić information content (AvgIpc) is 2.92. The van der Waals surface area contributed by atoms with Crippen LogP contribution in [0, 0.1) is 0 Å². The molecule has 3 N–H and O–H groups in total. The van der Waals surface area contributed by atoms with Gasteiger partial charge < -0.3 is 20.7 Å². The summed E-state index contributed by atoms with van der Waals surface area (Å²) >= 11 is 0. The maximum Gasteiger partial charge on any atom is 0.222 e. The number of nitrogens with one attached hydrogen (secondary N) is 1. The fraction of sp³-hybridized carbons (Fsp3) is 0.529. The van der Waals surface area contributed by atoms with Crippen molar-refractivity contribution in [3.63, 3.8) is 0 Å². The molecular weight excluding hydrogens is 292 g/mol. The summed E-state index contributed by atoms with van der Waals surface area (Å²) in [4.78, 5) is 18.1. The van der Waals surface area contributed by atoms with E-state index in [0.29, 0.717) is 32.1 Å². The molecule has 0 saturated carbocycles. The van der Waals surface area contributed by atoms with Gasteiger partial charge in [0.2, 0.25) is 5.91 Å². The Morgan fingerprint density at radius 2 is 2.17 bits per heavy atom. The first-order valence-electron chi connectivity index (χ1n) is 8.00. The van der Waals surface area contributed by atoms with Crippen LogP contribution in [-0.4, -0.2) is 43.1 Å². The van der Waals surface area contributed by atoms with Crippen molar-refractivity contribution in [1.29, 1.82) is 0 Å². The SMILES string of the molecule is COCC(C)NC(N)=NCc1ccccc1CN1CCCC1=O. The molecule has 1 fully saturated rings. The fourth-order valence-corrected chi connectivity index (χ4v) is 2.70. The van der Waals surface area contributed by atoms with Crippen molar-refractivity contribution in [3.8, 4) is 0 Å². The average molecular weight is 318 g/mol. The van der Waals surface area contributed by atoms with Gasteiger partial charge in [0, 0.05) is 32.7 Å². The number of benzene rings is 1. The van der Waals surface area contributed by atoms with Crippen LogP contribution in [0.4, 0.5) is 0 Å². The van der Waals surface area contributed by atoms with Crippen molar-refractivity contribution in [2.75, 3.05) is 20.3 Å². The normalized spacial score (nSPS) is 16.7. The van der Waals surface area contributed by atoms with Gasteiger partial charge in [0.15, 0.2) is 5.96 Å². The molecule has 1 aliphatic rings. The zero-order chi connectivity index (χ0) is 16.7. The molecule has 23 heavy (non-hydrogen) atoms. The summed E-state index contributed by atoms with van der Waals surface area (Å²) in [5, 5.41) is 3.09. The van der Waals surface area contributed by atoms with Crippen LogP contribution < -0.4 is 11.1 Å². The second kappa shape index (κ2) is 8.53. The monoisotopic (exact) mass is 318 g/mol. The lowest BCUT2D eigenvalue weighted by atomic mass is 10.1. The number of guanidine groups is 1. The second-order valence-corrected chi connectivity index (χ2v) is 5.89. The van der Waals surface area contributed by atoms with E-state index >= 15 is 0 Å². The number of amides is 1. The molecule has 1 atom stereocenters. The van der Waals surface area contributed by atoms with Crippen LogP contribution in [-0.2, 0) is 22.6 Å². The standard InChI is InChI=1S/C17H26N4O2/c1-13(12-23-2)20-17(18)19-10-14-6-3-4-7-15(14)11-21-9-5-8-16(21)22/h3-4,6-7,13H,5,8-12H2,1-2H3,(H3,18,19,20). The van der Waals surface area contributed by atoms with E-state index < -0.39 is 0 Å². The van der Waals surface area contributed by atoms with E-state index in [1.807, 2.05) is 36.1 Å². The Hall–Kier alpha value is -2.08. The van der Waals surface area contributed by atoms with Crippen LogP contribution in [0.3, 0.4) is 0 Å². The number of rotatable bonds is 7. The van der Waals surface area contributed by atoms with Crippen molar-refractivity contribution in [1.82, 2.24) is 10.2 Å². The van der Waals surface area contributed by atoms with Gasteiger partial charge in [-0.25, -0.2) is 4.99 Å². The Bertz CT molecular complexity index is 559. The summed E-state index contributed by atoms with van der Waals surface area (Å²) < 4.78 is 5.06. The maximum absolute atomic E-state index is 11.8. The second-order valence-electron chi connectivity index (χ2n) is 5.89. The van der Waals surface area contributed by atoms with Crippen molar-refractivity contribution in [2.45, 2.75) is 38.9 Å². The van der Waals surface area contributed by atoms with Crippen molar-refractivity contribution in [3.05, 3.63) is 35.4 Å². The fourth-order valence-electron chi connectivity index (χ4n) is 2.70. The van der Waals surface area contributed by atoms with Crippen LogP contribution in [0.2, 0.25) is 0 Å². The molecule has 0 bridgehead atoms. The summed E-state index contributed by atoms with van der Waals surface area (Å²) in [5.41, 5.74) is 8.13. The van der Waals surface area contributed by atoms with Gasteiger partial charge in [-0.2, -0.15) is 0 Å². The van der Waals surface area contributed by atoms with Crippen LogP contribution in [0.5, 0.6) is 0 Å². The number of methoxy groups -OCH3 is 1. The van der Waals surface area contributed by atoms with E-state index in [0.717, 1.165) is 24.1 Å². The Morgan fingerprint density at radius 1 is 1.43 bits per heavy atom. The van der Waals surface area contributed by atoms with Gasteiger partial charge in [0.05, 0.1) is 13.2 Å². The van der Waals surface area contributed by atoms with E-state index in [4.69, 9.17) is 10.5 Å². The Kier molecular flexibility index (Phi) is 6.40. The van der Waals surface area contributed by atoms with Gasteiger partial charge in [0.1, 0.15) is 0 Å². The molecule has 126 valence electrons. The van der Waals surface area contributed by atoms with Gasteiger partial charge in [-0.1, -0.05) is 24.3 Å². The molecule has 0 radical (unpaired) electrons. The van der Waals surface area contributed by atoms with Crippen LogP contribution >= 0.6 is 0 Å². The lowest BCUT2D eigenvalue weighted by molar-refractivity contribution is -0.128. The minimum atomic E-state index is 0.112. The van der Waals surface area contributed by atoms with E-state index in [1.165, 1.54) is 0 Å². The quantitative estimate of drug-likeness (QED) is 0.586. The lowest BCUT2D eigenvalue weighted by Crippen LogP contribution is -2.40. The van der Waals surface area contributed by atoms with Gasteiger partial charge in [-0.3, -0.25) is 4.79 Å².